The van der Waals surface area contributed by atoms with Crippen LogP contribution in [0.4, 0.5) is 0 Å². The van der Waals surface area contributed by atoms with Gasteiger partial charge in [-0.2, -0.15) is 0 Å². The van der Waals surface area contributed by atoms with E-state index in [1.807, 2.05) is 0 Å². The molecule has 0 unspecified atom stereocenters. The molecule has 0 saturated heterocycles. The van der Waals surface area contributed by atoms with Crippen molar-refractivity contribution in [1.82, 2.24) is 0 Å². The zero-order valence-electron chi connectivity index (χ0n) is 9.38. The Kier molecular flexibility index (Phi) is 10.1. The molecular formula is C11H21ClO3. The van der Waals surface area contributed by atoms with Gasteiger partial charge in [-0.3, -0.25) is 4.79 Å². The molecule has 0 radical (unpaired) electrons. The number of methoxy groups -OCH3 is 1. The summed E-state index contributed by atoms with van der Waals surface area (Å²) in [5.41, 5.74) is 0. The van der Waals surface area contributed by atoms with Crippen LogP contribution in [-0.2, 0) is 9.53 Å². The van der Waals surface area contributed by atoms with E-state index in [0.717, 1.165) is 38.5 Å². The second-order valence-electron chi connectivity index (χ2n) is 3.69. The lowest BCUT2D eigenvalue weighted by molar-refractivity contribution is -0.140. The quantitative estimate of drug-likeness (QED) is 0.380. The number of carbonyl (C=O) groups is 1. The summed E-state index contributed by atoms with van der Waals surface area (Å²) in [5, 5.41) is 9.17. The Hall–Kier alpha value is -0.280. The number of esters is 1. The molecule has 1 atom stereocenters. The summed E-state index contributed by atoms with van der Waals surface area (Å²) in [7, 11) is 1.41. The van der Waals surface area contributed by atoms with Gasteiger partial charge in [0.2, 0.25) is 0 Å². The van der Waals surface area contributed by atoms with E-state index in [9.17, 15) is 9.90 Å². The number of ether oxygens (including phenoxy) is 1. The van der Waals surface area contributed by atoms with Gasteiger partial charge in [-0.05, 0) is 12.8 Å². The second kappa shape index (κ2) is 10.2. The van der Waals surface area contributed by atoms with Crippen molar-refractivity contribution in [3.05, 3.63) is 0 Å². The van der Waals surface area contributed by atoms with Gasteiger partial charge in [-0.15, -0.1) is 11.6 Å². The number of hydrogen-bond acceptors (Lipinski definition) is 3. The van der Waals surface area contributed by atoms with Crippen LogP contribution in [0.2, 0.25) is 0 Å². The number of aliphatic hydroxyl groups is 1. The standard InChI is InChI=1S/C11H21ClO3/c1-15-11(14)8-6-4-2-3-5-7-10(13)9-12/h10,13H,2-9H2,1H3/t10-/m1/s1. The van der Waals surface area contributed by atoms with Crippen LogP contribution in [0.3, 0.4) is 0 Å². The lowest BCUT2D eigenvalue weighted by Gasteiger charge is -2.05. The van der Waals surface area contributed by atoms with Crippen molar-refractivity contribution >= 4 is 17.6 Å². The van der Waals surface area contributed by atoms with Crippen molar-refractivity contribution in [3.63, 3.8) is 0 Å². The van der Waals surface area contributed by atoms with Gasteiger partial charge in [0.1, 0.15) is 0 Å². The first kappa shape index (κ1) is 14.7. The third-order valence-electron chi connectivity index (χ3n) is 2.32. The summed E-state index contributed by atoms with van der Waals surface area (Å²) in [6.07, 6.45) is 6.08. The van der Waals surface area contributed by atoms with Crippen LogP contribution >= 0.6 is 11.6 Å². The molecule has 0 bridgehead atoms. The van der Waals surface area contributed by atoms with Crippen LogP contribution in [0.5, 0.6) is 0 Å². The maximum atomic E-state index is 10.8. The Morgan fingerprint density at radius 1 is 1.27 bits per heavy atom. The summed E-state index contributed by atoms with van der Waals surface area (Å²) in [6, 6.07) is 0. The highest BCUT2D eigenvalue weighted by Gasteiger charge is 2.02. The van der Waals surface area contributed by atoms with Gasteiger partial charge in [0.15, 0.2) is 0 Å². The van der Waals surface area contributed by atoms with E-state index in [1.54, 1.807) is 0 Å². The number of alkyl halides is 1. The van der Waals surface area contributed by atoms with Crippen molar-refractivity contribution in [2.45, 2.75) is 51.0 Å². The van der Waals surface area contributed by atoms with Crippen LogP contribution in [-0.4, -0.2) is 30.2 Å². The fourth-order valence-electron chi connectivity index (χ4n) is 1.36. The molecule has 15 heavy (non-hydrogen) atoms. The zero-order valence-corrected chi connectivity index (χ0v) is 10.1. The van der Waals surface area contributed by atoms with Gasteiger partial charge < -0.3 is 9.84 Å². The molecule has 90 valence electrons. The van der Waals surface area contributed by atoms with Gasteiger partial charge in [-0.25, -0.2) is 0 Å². The number of halogens is 1. The Morgan fingerprint density at radius 3 is 2.47 bits per heavy atom. The molecule has 0 spiro atoms. The first-order valence-corrected chi connectivity index (χ1v) is 6.05. The van der Waals surface area contributed by atoms with Crippen LogP contribution in [0.1, 0.15) is 44.9 Å². The first-order chi connectivity index (χ1) is 7.20. The highest BCUT2D eigenvalue weighted by molar-refractivity contribution is 6.18. The summed E-state index contributed by atoms with van der Waals surface area (Å²) >= 11 is 5.46. The minimum Gasteiger partial charge on any atom is -0.469 e. The average Bonchev–Trinajstić information content (AvgIpc) is 2.26. The lowest BCUT2D eigenvalue weighted by Crippen LogP contribution is -2.07. The lowest BCUT2D eigenvalue weighted by atomic mass is 10.1. The number of aliphatic hydroxyl groups excluding tert-OH is 1. The smallest absolute Gasteiger partial charge is 0.305 e. The van der Waals surface area contributed by atoms with E-state index in [-0.39, 0.29) is 12.1 Å². The minimum absolute atomic E-state index is 0.132. The Bertz CT molecular complexity index is 162. The summed E-state index contributed by atoms with van der Waals surface area (Å²) < 4.78 is 4.54. The van der Waals surface area contributed by atoms with Crippen LogP contribution in [0.15, 0.2) is 0 Å². The zero-order chi connectivity index (χ0) is 11.5. The molecule has 3 nitrogen and oxygen atoms in total. The van der Waals surface area contributed by atoms with Crippen molar-refractivity contribution < 1.29 is 14.6 Å². The number of rotatable bonds is 9. The van der Waals surface area contributed by atoms with Gasteiger partial charge in [-0.1, -0.05) is 25.7 Å². The average molecular weight is 237 g/mol. The Labute approximate surface area is 96.8 Å². The fraction of sp³-hybridized carbons (Fsp3) is 0.909. The molecule has 0 amide bonds. The highest BCUT2D eigenvalue weighted by atomic mass is 35.5. The molecule has 0 aliphatic rings. The predicted octanol–water partition coefficient (Wildman–Crippen LogP) is 2.49. The van der Waals surface area contributed by atoms with Crippen molar-refractivity contribution in [2.75, 3.05) is 13.0 Å². The largest absolute Gasteiger partial charge is 0.469 e. The summed E-state index contributed by atoms with van der Waals surface area (Å²) in [6.45, 7) is 0. The van der Waals surface area contributed by atoms with E-state index in [1.165, 1.54) is 7.11 Å². The van der Waals surface area contributed by atoms with E-state index < -0.39 is 0 Å². The molecule has 4 heteroatoms. The predicted molar refractivity (Wildman–Crippen MR) is 61.1 cm³/mol. The van der Waals surface area contributed by atoms with Crippen LogP contribution in [0.25, 0.3) is 0 Å². The summed E-state index contributed by atoms with van der Waals surface area (Å²) in [5.74, 6) is 0.190. The molecule has 0 aromatic rings. The SMILES string of the molecule is COC(=O)CCCCCCC[C@@H](O)CCl. The monoisotopic (exact) mass is 236 g/mol. The van der Waals surface area contributed by atoms with E-state index in [0.29, 0.717) is 12.3 Å². The molecule has 0 aromatic carbocycles. The maximum absolute atomic E-state index is 10.8. The molecule has 0 saturated carbocycles. The molecular weight excluding hydrogens is 216 g/mol. The topological polar surface area (TPSA) is 46.5 Å². The molecule has 0 aromatic heterocycles. The Morgan fingerprint density at radius 2 is 1.87 bits per heavy atom. The van der Waals surface area contributed by atoms with E-state index in [2.05, 4.69) is 4.74 Å². The minimum atomic E-state index is -0.360. The van der Waals surface area contributed by atoms with Gasteiger partial charge in [0, 0.05) is 12.3 Å². The van der Waals surface area contributed by atoms with Crippen LogP contribution in [0, 0.1) is 0 Å². The number of unbranched alkanes of at least 4 members (excludes halogenated alkanes) is 4. The van der Waals surface area contributed by atoms with Crippen molar-refractivity contribution in [2.24, 2.45) is 0 Å². The molecule has 0 fully saturated rings. The molecule has 0 heterocycles. The van der Waals surface area contributed by atoms with E-state index in [4.69, 9.17) is 11.6 Å². The second-order valence-corrected chi connectivity index (χ2v) is 4.00. The number of hydrogen-bond donors (Lipinski definition) is 1. The van der Waals surface area contributed by atoms with Crippen LogP contribution < -0.4 is 0 Å². The van der Waals surface area contributed by atoms with Gasteiger partial charge >= 0.3 is 5.97 Å². The van der Waals surface area contributed by atoms with Gasteiger partial charge in [0.05, 0.1) is 13.2 Å². The maximum Gasteiger partial charge on any atom is 0.305 e. The number of carbonyl (C=O) groups excluding carboxylic acids is 1. The van der Waals surface area contributed by atoms with E-state index >= 15 is 0 Å². The molecule has 1 N–H and O–H groups in total. The van der Waals surface area contributed by atoms with Gasteiger partial charge in [0.25, 0.3) is 0 Å². The fourth-order valence-corrected chi connectivity index (χ4v) is 1.51. The molecule has 0 aliphatic heterocycles. The molecule has 0 aliphatic carbocycles. The third kappa shape index (κ3) is 10.0. The normalized spacial score (nSPS) is 12.5. The summed E-state index contributed by atoms with van der Waals surface area (Å²) in [4.78, 5) is 10.8. The molecule has 0 rings (SSSR count). The highest BCUT2D eigenvalue weighted by Crippen LogP contribution is 2.09. The van der Waals surface area contributed by atoms with Crippen molar-refractivity contribution in [3.8, 4) is 0 Å². The third-order valence-corrected chi connectivity index (χ3v) is 2.68. The first-order valence-electron chi connectivity index (χ1n) is 5.51. The van der Waals surface area contributed by atoms with Crippen molar-refractivity contribution in [1.29, 1.82) is 0 Å². The Balaban J connectivity index is 3.08.